The molecule has 2 heterocycles. The molecule has 0 aliphatic carbocycles. The van der Waals surface area contributed by atoms with Crippen molar-refractivity contribution in [2.45, 2.75) is 29.6 Å². The van der Waals surface area contributed by atoms with Crippen molar-refractivity contribution in [3.63, 3.8) is 0 Å². The highest BCUT2D eigenvalue weighted by Crippen LogP contribution is 2.32. The second-order valence-electron chi connectivity index (χ2n) is 3.80. The first-order valence-corrected chi connectivity index (χ1v) is 6.47. The van der Waals surface area contributed by atoms with Crippen molar-refractivity contribution >= 4 is 17.7 Å². The number of nitrogens with two attached hydrogens (primary N) is 1. The van der Waals surface area contributed by atoms with E-state index in [-0.39, 0.29) is 11.8 Å². The number of thioether (sulfide) groups is 1. The van der Waals surface area contributed by atoms with E-state index in [2.05, 4.69) is 15.0 Å². The van der Waals surface area contributed by atoms with Gasteiger partial charge in [0.05, 0.1) is 6.61 Å². The summed E-state index contributed by atoms with van der Waals surface area (Å²) in [4.78, 5) is 11.8. The number of nitrogens with zero attached hydrogens (tertiary/aromatic N) is 3. The van der Waals surface area contributed by atoms with E-state index in [1.165, 1.54) is 11.8 Å². The SMILES string of the molecule is CSc1nc(N)nc([C@@H]2O[C@H](CO)[C@@H](O)[C@H]2O)n1. The molecule has 0 radical (unpaired) electrons. The molecule has 0 bridgehead atoms. The van der Waals surface area contributed by atoms with Crippen molar-refractivity contribution in [3.8, 4) is 0 Å². The van der Waals surface area contributed by atoms with Gasteiger partial charge >= 0.3 is 0 Å². The summed E-state index contributed by atoms with van der Waals surface area (Å²) in [6, 6.07) is 0. The van der Waals surface area contributed by atoms with Crippen LogP contribution in [0.4, 0.5) is 5.95 Å². The van der Waals surface area contributed by atoms with Crippen molar-refractivity contribution in [2.75, 3.05) is 18.6 Å². The molecule has 8 nitrogen and oxygen atoms in total. The monoisotopic (exact) mass is 274 g/mol. The van der Waals surface area contributed by atoms with E-state index in [4.69, 9.17) is 15.6 Å². The summed E-state index contributed by atoms with van der Waals surface area (Å²) in [5, 5.41) is 28.9. The van der Waals surface area contributed by atoms with E-state index in [1.54, 1.807) is 6.26 Å². The van der Waals surface area contributed by atoms with Crippen molar-refractivity contribution in [1.29, 1.82) is 0 Å². The topological polar surface area (TPSA) is 135 Å². The summed E-state index contributed by atoms with van der Waals surface area (Å²) >= 11 is 1.27. The Balaban J connectivity index is 2.29. The molecule has 0 saturated carbocycles. The van der Waals surface area contributed by atoms with E-state index in [0.717, 1.165) is 0 Å². The quantitative estimate of drug-likeness (QED) is 0.477. The van der Waals surface area contributed by atoms with Crippen molar-refractivity contribution in [3.05, 3.63) is 5.82 Å². The molecule has 0 unspecified atom stereocenters. The number of aliphatic hydroxyl groups excluding tert-OH is 3. The molecule has 9 heteroatoms. The number of rotatable bonds is 3. The van der Waals surface area contributed by atoms with Crippen LogP contribution in [-0.2, 0) is 4.74 Å². The van der Waals surface area contributed by atoms with E-state index in [9.17, 15) is 10.2 Å². The highest BCUT2D eigenvalue weighted by molar-refractivity contribution is 7.98. The third-order valence-electron chi connectivity index (χ3n) is 2.63. The van der Waals surface area contributed by atoms with Gasteiger partial charge in [0, 0.05) is 0 Å². The zero-order valence-electron chi connectivity index (χ0n) is 9.59. The summed E-state index contributed by atoms with van der Waals surface area (Å²) in [6.07, 6.45) is -2.40. The third kappa shape index (κ3) is 2.40. The fourth-order valence-corrected chi connectivity index (χ4v) is 2.09. The van der Waals surface area contributed by atoms with Crippen LogP contribution >= 0.6 is 11.8 Å². The second-order valence-corrected chi connectivity index (χ2v) is 4.57. The highest BCUT2D eigenvalue weighted by Gasteiger charge is 2.44. The number of hydrogen-bond donors (Lipinski definition) is 4. The van der Waals surface area contributed by atoms with Gasteiger partial charge in [-0.2, -0.15) is 9.97 Å². The lowest BCUT2D eigenvalue weighted by Gasteiger charge is -2.13. The average molecular weight is 274 g/mol. The molecule has 0 aromatic carbocycles. The van der Waals surface area contributed by atoms with Gasteiger partial charge in [0.1, 0.15) is 24.4 Å². The number of nitrogen functional groups attached to an aromatic ring is 1. The van der Waals surface area contributed by atoms with Gasteiger partial charge in [-0.15, -0.1) is 0 Å². The maximum Gasteiger partial charge on any atom is 0.224 e. The van der Waals surface area contributed by atoms with Gasteiger partial charge < -0.3 is 25.8 Å². The third-order valence-corrected chi connectivity index (χ3v) is 3.18. The van der Waals surface area contributed by atoms with Crippen LogP contribution in [0.15, 0.2) is 5.16 Å². The molecule has 1 aliphatic heterocycles. The summed E-state index contributed by atoms with van der Waals surface area (Å²) in [5.74, 6) is 0.163. The van der Waals surface area contributed by atoms with Gasteiger partial charge in [-0.3, -0.25) is 0 Å². The minimum Gasteiger partial charge on any atom is -0.394 e. The van der Waals surface area contributed by atoms with Crippen LogP contribution in [0.1, 0.15) is 11.9 Å². The lowest BCUT2D eigenvalue weighted by molar-refractivity contribution is -0.0255. The van der Waals surface area contributed by atoms with E-state index < -0.39 is 31.0 Å². The Hall–Kier alpha value is -1.00. The molecule has 1 aromatic rings. The van der Waals surface area contributed by atoms with Gasteiger partial charge in [0.15, 0.2) is 11.0 Å². The molecule has 100 valence electrons. The number of aromatic nitrogens is 3. The number of anilines is 1. The zero-order valence-corrected chi connectivity index (χ0v) is 10.4. The van der Waals surface area contributed by atoms with Crippen LogP contribution < -0.4 is 5.73 Å². The number of aliphatic hydroxyl groups is 3. The summed E-state index contributed by atoms with van der Waals surface area (Å²) in [6.45, 7) is -0.398. The lowest BCUT2D eigenvalue weighted by Crippen LogP contribution is -2.32. The van der Waals surface area contributed by atoms with Gasteiger partial charge in [0.25, 0.3) is 0 Å². The Kier molecular flexibility index (Phi) is 3.97. The van der Waals surface area contributed by atoms with Gasteiger partial charge in [-0.1, -0.05) is 11.8 Å². The van der Waals surface area contributed by atoms with Crippen LogP contribution in [0.25, 0.3) is 0 Å². The van der Waals surface area contributed by atoms with Gasteiger partial charge in [-0.05, 0) is 6.26 Å². The van der Waals surface area contributed by atoms with Crippen LogP contribution in [-0.4, -0.2) is 61.4 Å². The van der Waals surface area contributed by atoms with Crippen LogP contribution in [0.2, 0.25) is 0 Å². The molecular weight excluding hydrogens is 260 g/mol. The molecule has 2 rings (SSSR count). The Labute approximate surface area is 107 Å². The molecule has 4 atom stereocenters. The minimum absolute atomic E-state index is 0.0158. The highest BCUT2D eigenvalue weighted by atomic mass is 32.2. The van der Waals surface area contributed by atoms with Gasteiger partial charge in [-0.25, -0.2) is 4.98 Å². The fraction of sp³-hybridized carbons (Fsp3) is 0.667. The number of ether oxygens (including phenoxy) is 1. The lowest BCUT2D eigenvalue weighted by atomic mass is 10.1. The first kappa shape index (κ1) is 13.4. The molecule has 0 amide bonds. The van der Waals surface area contributed by atoms with E-state index in [0.29, 0.717) is 5.16 Å². The smallest absolute Gasteiger partial charge is 0.224 e. The molecule has 1 aromatic heterocycles. The molecule has 1 saturated heterocycles. The molecule has 1 fully saturated rings. The Bertz CT molecular complexity index is 435. The Morgan fingerprint density at radius 1 is 1.28 bits per heavy atom. The van der Waals surface area contributed by atoms with E-state index >= 15 is 0 Å². The molecule has 5 N–H and O–H groups in total. The normalized spacial score (nSPS) is 31.8. The molecule has 1 aliphatic rings. The summed E-state index contributed by atoms with van der Waals surface area (Å²) in [5.41, 5.74) is 5.53. The predicted molar refractivity (Wildman–Crippen MR) is 62.7 cm³/mol. The Morgan fingerprint density at radius 3 is 2.56 bits per heavy atom. The zero-order chi connectivity index (χ0) is 13.3. The van der Waals surface area contributed by atoms with E-state index in [1.807, 2.05) is 0 Å². The predicted octanol–water partition coefficient (Wildman–Crippen LogP) is -1.67. The fourth-order valence-electron chi connectivity index (χ4n) is 1.72. The number of hydrogen-bond acceptors (Lipinski definition) is 9. The molecular formula is C9H14N4O4S. The van der Waals surface area contributed by atoms with Gasteiger partial charge in [0.2, 0.25) is 5.95 Å². The maximum absolute atomic E-state index is 9.83. The van der Waals surface area contributed by atoms with Crippen LogP contribution in [0, 0.1) is 0 Å². The van der Waals surface area contributed by atoms with Crippen LogP contribution in [0.3, 0.4) is 0 Å². The first-order chi connectivity index (χ1) is 8.56. The average Bonchev–Trinajstić information content (AvgIpc) is 2.65. The van der Waals surface area contributed by atoms with Crippen molar-refractivity contribution < 1.29 is 20.1 Å². The standard InChI is InChI=1S/C9H14N4O4S/c1-18-9-12-7(11-8(10)13-9)6-5(16)4(15)3(2-14)17-6/h3-6,14-16H,2H2,1H3,(H2,10,11,12,13)/t3-,4-,5-,6-/m1/s1. The Morgan fingerprint density at radius 2 is 2.00 bits per heavy atom. The van der Waals surface area contributed by atoms with Crippen molar-refractivity contribution in [1.82, 2.24) is 15.0 Å². The second kappa shape index (κ2) is 5.33. The summed E-state index contributed by atoms with van der Waals surface area (Å²) < 4.78 is 5.31. The van der Waals surface area contributed by atoms with Crippen LogP contribution in [0.5, 0.6) is 0 Å². The summed E-state index contributed by atoms with van der Waals surface area (Å²) in [7, 11) is 0. The minimum atomic E-state index is -1.21. The maximum atomic E-state index is 9.83. The molecule has 0 spiro atoms. The molecule has 18 heavy (non-hydrogen) atoms. The first-order valence-electron chi connectivity index (χ1n) is 5.24. The largest absolute Gasteiger partial charge is 0.394 e. The van der Waals surface area contributed by atoms with Crippen molar-refractivity contribution in [2.24, 2.45) is 0 Å².